The number of aliphatic carboxylic acids is 1. The maximum Gasteiger partial charge on any atom is 0.317 e. The molecule has 0 spiro atoms. The summed E-state index contributed by atoms with van der Waals surface area (Å²) in [6.45, 7) is 2.12. The zero-order chi connectivity index (χ0) is 11.5. The molecule has 0 aliphatic heterocycles. The third-order valence-electron chi connectivity index (χ3n) is 2.95. The lowest BCUT2D eigenvalue weighted by atomic mass is 10.2. The second-order valence-electron chi connectivity index (χ2n) is 4.23. The largest absolute Gasteiger partial charge is 0.480 e. The van der Waals surface area contributed by atoms with E-state index < -0.39 is 5.97 Å². The summed E-state index contributed by atoms with van der Waals surface area (Å²) in [5.41, 5.74) is 0.940. The second-order valence-corrected chi connectivity index (χ2v) is 4.23. The Morgan fingerprint density at radius 3 is 2.88 bits per heavy atom. The molecule has 1 fully saturated rings. The van der Waals surface area contributed by atoms with Gasteiger partial charge >= 0.3 is 5.97 Å². The second kappa shape index (κ2) is 4.61. The van der Waals surface area contributed by atoms with Crippen molar-refractivity contribution < 1.29 is 9.90 Å². The molecular weight excluding hydrogens is 204 g/mol. The molecule has 4 nitrogen and oxygen atoms in total. The van der Waals surface area contributed by atoms with E-state index in [1.165, 1.54) is 0 Å². The Labute approximate surface area is 94.9 Å². The van der Waals surface area contributed by atoms with Gasteiger partial charge in [-0.2, -0.15) is 0 Å². The van der Waals surface area contributed by atoms with Gasteiger partial charge in [-0.05, 0) is 31.9 Å². The van der Waals surface area contributed by atoms with Gasteiger partial charge in [0, 0.05) is 12.2 Å². The van der Waals surface area contributed by atoms with Gasteiger partial charge in [-0.25, -0.2) is 0 Å². The fourth-order valence-corrected chi connectivity index (χ4v) is 1.94. The Bertz CT molecular complexity index is 363. The highest BCUT2D eigenvalue weighted by Gasteiger charge is 2.34. The van der Waals surface area contributed by atoms with E-state index in [1.54, 1.807) is 6.20 Å². The van der Waals surface area contributed by atoms with Gasteiger partial charge in [0.1, 0.15) is 0 Å². The van der Waals surface area contributed by atoms with Crippen molar-refractivity contribution in [2.24, 2.45) is 0 Å². The highest BCUT2D eigenvalue weighted by atomic mass is 16.4. The summed E-state index contributed by atoms with van der Waals surface area (Å²) in [6, 6.07) is 6.25. The first-order valence-electron chi connectivity index (χ1n) is 5.57. The smallest absolute Gasteiger partial charge is 0.317 e. The van der Waals surface area contributed by atoms with E-state index in [-0.39, 0.29) is 12.6 Å². The molecule has 0 amide bonds. The normalized spacial score (nSPS) is 17.4. The lowest BCUT2D eigenvalue weighted by Gasteiger charge is -2.26. The molecule has 4 heteroatoms. The first-order valence-corrected chi connectivity index (χ1v) is 5.57. The maximum atomic E-state index is 10.8. The molecule has 0 bridgehead atoms. The van der Waals surface area contributed by atoms with Crippen LogP contribution in [0.5, 0.6) is 0 Å². The minimum Gasteiger partial charge on any atom is -0.480 e. The van der Waals surface area contributed by atoms with Crippen LogP contribution in [0.4, 0.5) is 0 Å². The minimum absolute atomic E-state index is 0.0739. The van der Waals surface area contributed by atoms with Crippen LogP contribution in [0, 0.1) is 0 Å². The van der Waals surface area contributed by atoms with Crippen molar-refractivity contribution in [1.29, 1.82) is 0 Å². The van der Waals surface area contributed by atoms with E-state index in [0.29, 0.717) is 6.04 Å². The van der Waals surface area contributed by atoms with E-state index in [9.17, 15) is 4.79 Å². The van der Waals surface area contributed by atoms with Crippen LogP contribution in [0.3, 0.4) is 0 Å². The Balaban J connectivity index is 2.10. The number of carboxylic acids is 1. The van der Waals surface area contributed by atoms with E-state index in [1.807, 2.05) is 30.0 Å². The zero-order valence-electron chi connectivity index (χ0n) is 9.34. The third-order valence-corrected chi connectivity index (χ3v) is 2.95. The third kappa shape index (κ3) is 2.58. The van der Waals surface area contributed by atoms with Crippen LogP contribution in [0.15, 0.2) is 24.4 Å². The van der Waals surface area contributed by atoms with Crippen molar-refractivity contribution in [1.82, 2.24) is 9.88 Å². The van der Waals surface area contributed by atoms with E-state index in [2.05, 4.69) is 4.98 Å². The first-order chi connectivity index (χ1) is 7.68. The molecule has 0 saturated heterocycles. The number of aromatic nitrogens is 1. The lowest BCUT2D eigenvalue weighted by molar-refractivity contribution is -0.139. The van der Waals surface area contributed by atoms with Crippen LogP contribution < -0.4 is 0 Å². The maximum absolute atomic E-state index is 10.8. The summed E-state index contributed by atoms with van der Waals surface area (Å²) in [4.78, 5) is 17.1. The number of hydrogen-bond acceptors (Lipinski definition) is 3. The molecule has 1 N–H and O–H groups in total. The number of hydrogen-bond donors (Lipinski definition) is 1. The van der Waals surface area contributed by atoms with E-state index >= 15 is 0 Å². The Hall–Kier alpha value is -1.42. The molecule has 1 atom stereocenters. The van der Waals surface area contributed by atoms with Crippen LogP contribution in [0.2, 0.25) is 0 Å². The molecule has 1 aliphatic carbocycles. The fraction of sp³-hybridized carbons (Fsp3) is 0.500. The average Bonchev–Trinajstić information content (AvgIpc) is 3.10. The van der Waals surface area contributed by atoms with Crippen molar-refractivity contribution in [2.75, 3.05) is 6.54 Å². The van der Waals surface area contributed by atoms with Crippen molar-refractivity contribution in [3.63, 3.8) is 0 Å². The van der Waals surface area contributed by atoms with Gasteiger partial charge in [-0.1, -0.05) is 6.07 Å². The topological polar surface area (TPSA) is 53.4 Å². The average molecular weight is 220 g/mol. The molecule has 1 saturated carbocycles. The molecule has 1 aromatic heterocycles. The SMILES string of the molecule is CC(c1ccccn1)N(CC(=O)O)C1CC1. The number of carboxylic acid groups (broad SMARTS) is 1. The summed E-state index contributed by atoms with van der Waals surface area (Å²) in [7, 11) is 0. The fourth-order valence-electron chi connectivity index (χ4n) is 1.94. The Morgan fingerprint density at radius 1 is 1.62 bits per heavy atom. The first kappa shape index (κ1) is 11.1. The highest BCUT2D eigenvalue weighted by molar-refractivity contribution is 5.69. The van der Waals surface area contributed by atoms with Crippen molar-refractivity contribution in [3.8, 4) is 0 Å². The Morgan fingerprint density at radius 2 is 2.38 bits per heavy atom. The van der Waals surface area contributed by atoms with Gasteiger partial charge in [0.15, 0.2) is 0 Å². The van der Waals surface area contributed by atoms with Crippen LogP contribution in [0.1, 0.15) is 31.5 Å². The summed E-state index contributed by atoms with van der Waals surface area (Å²) in [5.74, 6) is -0.769. The summed E-state index contributed by atoms with van der Waals surface area (Å²) in [6.07, 6.45) is 3.95. The zero-order valence-corrected chi connectivity index (χ0v) is 9.34. The van der Waals surface area contributed by atoms with Crippen molar-refractivity contribution in [2.45, 2.75) is 31.8 Å². The molecule has 2 rings (SSSR count). The van der Waals surface area contributed by atoms with Crippen LogP contribution >= 0.6 is 0 Å². The van der Waals surface area contributed by atoms with Crippen LogP contribution in [0.25, 0.3) is 0 Å². The van der Waals surface area contributed by atoms with Crippen molar-refractivity contribution >= 4 is 5.97 Å². The number of rotatable bonds is 5. The molecular formula is C12H16N2O2. The number of carbonyl (C=O) groups is 1. The Kier molecular flexibility index (Phi) is 3.19. The summed E-state index contributed by atoms with van der Waals surface area (Å²) < 4.78 is 0. The number of nitrogens with zero attached hydrogens (tertiary/aromatic N) is 2. The molecule has 86 valence electrons. The molecule has 16 heavy (non-hydrogen) atoms. The predicted molar refractivity (Wildman–Crippen MR) is 60.0 cm³/mol. The lowest BCUT2D eigenvalue weighted by Crippen LogP contribution is -2.34. The molecule has 1 unspecified atom stereocenters. The van der Waals surface area contributed by atoms with E-state index in [0.717, 1.165) is 18.5 Å². The van der Waals surface area contributed by atoms with Crippen LogP contribution in [-0.2, 0) is 4.79 Å². The number of pyridine rings is 1. The van der Waals surface area contributed by atoms with E-state index in [4.69, 9.17) is 5.11 Å². The predicted octanol–water partition coefficient (Wildman–Crippen LogP) is 1.69. The van der Waals surface area contributed by atoms with Crippen LogP contribution in [-0.4, -0.2) is 33.5 Å². The minimum atomic E-state index is -0.769. The molecule has 1 aromatic rings. The van der Waals surface area contributed by atoms with Crippen molar-refractivity contribution in [3.05, 3.63) is 30.1 Å². The van der Waals surface area contributed by atoms with Gasteiger partial charge in [0.2, 0.25) is 0 Å². The van der Waals surface area contributed by atoms with Gasteiger partial charge < -0.3 is 5.11 Å². The highest BCUT2D eigenvalue weighted by Crippen LogP contribution is 2.33. The summed E-state index contributed by atoms with van der Waals surface area (Å²) in [5, 5.41) is 8.89. The standard InChI is InChI=1S/C12H16N2O2/c1-9(11-4-2-3-7-13-11)14(8-12(15)16)10-5-6-10/h2-4,7,9-10H,5-6,8H2,1H3,(H,15,16). The monoisotopic (exact) mass is 220 g/mol. The van der Waals surface area contributed by atoms with Gasteiger partial charge in [-0.3, -0.25) is 14.7 Å². The molecule has 1 aliphatic rings. The molecule has 0 aromatic carbocycles. The molecule has 0 radical (unpaired) electrons. The molecule has 1 heterocycles. The quantitative estimate of drug-likeness (QED) is 0.820. The van der Waals surface area contributed by atoms with Gasteiger partial charge in [-0.15, -0.1) is 0 Å². The van der Waals surface area contributed by atoms with Gasteiger partial charge in [0.25, 0.3) is 0 Å². The summed E-state index contributed by atoms with van der Waals surface area (Å²) >= 11 is 0. The van der Waals surface area contributed by atoms with Gasteiger partial charge in [0.05, 0.1) is 18.3 Å².